The zero-order valence-electron chi connectivity index (χ0n) is 9.80. The minimum atomic E-state index is -0.829. The van der Waals surface area contributed by atoms with Gasteiger partial charge in [0.1, 0.15) is 5.60 Å². The van der Waals surface area contributed by atoms with Crippen molar-refractivity contribution < 1.29 is 14.6 Å². The van der Waals surface area contributed by atoms with Gasteiger partial charge in [0.15, 0.2) is 0 Å². The fourth-order valence-corrected chi connectivity index (χ4v) is 1.54. The van der Waals surface area contributed by atoms with Crippen LogP contribution in [0.4, 0.5) is 0 Å². The minimum Gasteiger partial charge on any atom is -0.388 e. The van der Waals surface area contributed by atoms with E-state index < -0.39 is 11.2 Å². The molecule has 1 fully saturated rings. The van der Waals surface area contributed by atoms with Gasteiger partial charge in [0.2, 0.25) is 0 Å². The van der Waals surface area contributed by atoms with Gasteiger partial charge in [0.05, 0.1) is 5.60 Å². The largest absolute Gasteiger partial charge is 0.388 e. The molecule has 4 heteroatoms. The minimum absolute atomic E-state index is 0.117. The standard InChI is InChI=1S/C11H21NO3/c1-4-10(2,14)8-12-9(13)11(3)6-5-7-15-11/h14H,4-8H2,1-3H3,(H,12,13). The number of nitrogens with one attached hydrogen (secondary N) is 1. The summed E-state index contributed by atoms with van der Waals surface area (Å²) in [5, 5.41) is 12.5. The normalized spacial score (nSPS) is 29.9. The van der Waals surface area contributed by atoms with Crippen molar-refractivity contribution in [3.05, 3.63) is 0 Å². The van der Waals surface area contributed by atoms with Gasteiger partial charge in [-0.15, -0.1) is 0 Å². The van der Waals surface area contributed by atoms with Crippen molar-refractivity contribution in [2.24, 2.45) is 0 Å². The van der Waals surface area contributed by atoms with E-state index in [1.54, 1.807) is 13.8 Å². The Balaban J connectivity index is 2.42. The molecule has 1 amide bonds. The van der Waals surface area contributed by atoms with Gasteiger partial charge in [0, 0.05) is 13.2 Å². The highest BCUT2D eigenvalue weighted by Gasteiger charge is 2.38. The molecule has 0 radical (unpaired) electrons. The van der Waals surface area contributed by atoms with E-state index >= 15 is 0 Å². The fourth-order valence-electron chi connectivity index (χ4n) is 1.54. The molecule has 88 valence electrons. The van der Waals surface area contributed by atoms with Gasteiger partial charge in [-0.1, -0.05) is 6.92 Å². The van der Waals surface area contributed by atoms with Crippen LogP contribution in [0.3, 0.4) is 0 Å². The van der Waals surface area contributed by atoms with Crippen LogP contribution in [0.1, 0.15) is 40.0 Å². The number of hydrogen-bond donors (Lipinski definition) is 2. The third-order valence-corrected chi connectivity index (χ3v) is 3.09. The number of amides is 1. The summed E-state index contributed by atoms with van der Waals surface area (Å²) in [4.78, 5) is 11.8. The van der Waals surface area contributed by atoms with Gasteiger partial charge in [-0.2, -0.15) is 0 Å². The van der Waals surface area contributed by atoms with E-state index in [4.69, 9.17) is 4.74 Å². The van der Waals surface area contributed by atoms with Gasteiger partial charge in [-0.05, 0) is 33.1 Å². The van der Waals surface area contributed by atoms with E-state index in [1.165, 1.54) is 0 Å². The highest BCUT2D eigenvalue weighted by atomic mass is 16.5. The van der Waals surface area contributed by atoms with Gasteiger partial charge in [-0.25, -0.2) is 0 Å². The van der Waals surface area contributed by atoms with Gasteiger partial charge in [0.25, 0.3) is 5.91 Å². The molecule has 2 N–H and O–H groups in total. The molecule has 0 aromatic heterocycles. The highest BCUT2D eigenvalue weighted by molar-refractivity contribution is 5.85. The lowest BCUT2D eigenvalue weighted by molar-refractivity contribution is -0.140. The molecule has 0 aliphatic carbocycles. The maximum Gasteiger partial charge on any atom is 0.252 e. The van der Waals surface area contributed by atoms with Crippen LogP contribution < -0.4 is 5.32 Å². The summed E-state index contributed by atoms with van der Waals surface area (Å²) in [6.07, 6.45) is 2.30. The molecule has 1 aliphatic heterocycles. The van der Waals surface area contributed by atoms with Crippen molar-refractivity contribution in [3.8, 4) is 0 Å². The number of aliphatic hydroxyl groups is 1. The van der Waals surface area contributed by atoms with Crippen LogP contribution in [0.25, 0.3) is 0 Å². The van der Waals surface area contributed by atoms with Crippen LogP contribution in [0.5, 0.6) is 0 Å². The third-order valence-electron chi connectivity index (χ3n) is 3.09. The van der Waals surface area contributed by atoms with Gasteiger partial charge in [-0.3, -0.25) is 4.79 Å². The van der Waals surface area contributed by atoms with E-state index in [1.807, 2.05) is 6.92 Å². The average Bonchev–Trinajstić information content (AvgIpc) is 2.63. The molecular weight excluding hydrogens is 194 g/mol. The first-order valence-corrected chi connectivity index (χ1v) is 5.54. The van der Waals surface area contributed by atoms with E-state index in [-0.39, 0.29) is 12.5 Å². The third kappa shape index (κ3) is 3.18. The van der Waals surface area contributed by atoms with Crippen LogP contribution in [0.15, 0.2) is 0 Å². The molecule has 0 saturated carbocycles. The molecular formula is C11H21NO3. The molecule has 0 bridgehead atoms. The predicted octanol–water partition coefficient (Wildman–Crippen LogP) is 0.833. The summed E-state index contributed by atoms with van der Waals surface area (Å²) in [5.74, 6) is -0.117. The molecule has 2 unspecified atom stereocenters. The highest BCUT2D eigenvalue weighted by Crippen LogP contribution is 2.25. The molecule has 4 nitrogen and oxygen atoms in total. The Morgan fingerprint density at radius 3 is 2.80 bits per heavy atom. The van der Waals surface area contributed by atoms with Crippen LogP contribution in [-0.2, 0) is 9.53 Å². The van der Waals surface area contributed by atoms with E-state index in [0.29, 0.717) is 13.0 Å². The first-order chi connectivity index (χ1) is 6.90. The van der Waals surface area contributed by atoms with Gasteiger partial charge >= 0.3 is 0 Å². The monoisotopic (exact) mass is 215 g/mol. The van der Waals surface area contributed by atoms with E-state index in [0.717, 1.165) is 12.8 Å². The van der Waals surface area contributed by atoms with Crippen molar-refractivity contribution in [2.75, 3.05) is 13.2 Å². The molecule has 0 aromatic rings. The first-order valence-electron chi connectivity index (χ1n) is 5.54. The molecule has 0 aromatic carbocycles. The Morgan fingerprint density at radius 2 is 2.33 bits per heavy atom. The summed E-state index contributed by atoms with van der Waals surface area (Å²) in [5.41, 5.74) is -1.52. The summed E-state index contributed by atoms with van der Waals surface area (Å²) >= 11 is 0. The van der Waals surface area contributed by atoms with Crippen molar-refractivity contribution in [3.63, 3.8) is 0 Å². The Morgan fingerprint density at radius 1 is 1.67 bits per heavy atom. The van der Waals surface area contributed by atoms with Crippen molar-refractivity contribution in [2.45, 2.75) is 51.2 Å². The zero-order chi connectivity index (χ0) is 11.5. The van der Waals surface area contributed by atoms with Crippen LogP contribution in [-0.4, -0.2) is 35.4 Å². The molecule has 1 aliphatic rings. The Bertz CT molecular complexity index is 232. The quantitative estimate of drug-likeness (QED) is 0.730. The van der Waals surface area contributed by atoms with Gasteiger partial charge < -0.3 is 15.2 Å². The average molecular weight is 215 g/mol. The first kappa shape index (κ1) is 12.5. The lowest BCUT2D eigenvalue weighted by Crippen LogP contribution is -2.49. The lowest BCUT2D eigenvalue weighted by Gasteiger charge is -2.26. The van der Waals surface area contributed by atoms with Crippen LogP contribution >= 0.6 is 0 Å². The van der Waals surface area contributed by atoms with Crippen molar-refractivity contribution in [1.82, 2.24) is 5.32 Å². The molecule has 1 saturated heterocycles. The SMILES string of the molecule is CCC(C)(O)CNC(=O)C1(C)CCCO1. The number of carbonyl (C=O) groups is 1. The second-order valence-electron chi connectivity index (χ2n) is 4.72. The Hall–Kier alpha value is -0.610. The maximum atomic E-state index is 11.8. The molecule has 1 heterocycles. The fraction of sp³-hybridized carbons (Fsp3) is 0.909. The second-order valence-corrected chi connectivity index (χ2v) is 4.72. The van der Waals surface area contributed by atoms with Crippen LogP contribution in [0, 0.1) is 0 Å². The summed E-state index contributed by atoms with van der Waals surface area (Å²) in [6, 6.07) is 0. The number of carbonyl (C=O) groups excluding carboxylic acids is 1. The molecule has 15 heavy (non-hydrogen) atoms. The zero-order valence-corrected chi connectivity index (χ0v) is 9.80. The van der Waals surface area contributed by atoms with Crippen LogP contribution in [0.2, 0.25) is 0 Å². The number of ether oxygens (including phenoxy) is 1. The number of rotatable bonds is 4. The van der Waals surface area contributed by atoms with Crippen molar-refractivity contribution >= 4 is 5.91 Å². The second kappa shape index (κ2) is 4.49. The van der Waals surface area contributed by atoms with E-state index in [9.17, 15) is 9.90 Å². The maximum absolute atomic E-state index is 11.8. The number of hydrogen-bond acceptors (Lipinski definition) is 3. The smallest absolute Gasteiger partial charge is 0.252 e. The lowest BCUT2D eigenvalue weighted by atomic mass is 10.00. The van der Waals surface area contributed by atoms with E-state index in [2.05, 4.69) is 5.32 Å². The Kier molecular flexibility index (Phi) is 3.73. The Labute approximate surface area is 91.0 Å². The summed E-state index contributed by atoms with van der Waals surface area (Å²) < 4.78 is 5.41. The summed E-state index contributed by atoms with van der Waals surface area (Å²) in [7, 11) is 0. The molecule has 2 atom stereocenters. The van der Waals surface area contributed by atoms with Crippen molar-refractivity contribution in [1.29, 1.82) is 0 Å². The molecule has 0 spiro atoms. The molecule has 1 rings (SSSR count). The summed E-state index contributed by atoms with van der Waals surface area (Å²) in [6.45, 7) is 6.33. The predicted molar refractivity (Wildman–Crippen MR) is 57.5 cm³/mol. The topological polar surface area (TPSA) is 58.6 Å².